The molecule has 0 aromatic heterocycles. The lowest BCUT2D eigenvalue weighted by atomic mass is 9.92. The number of carbonyl (C=O) groups excluding carboxylic acids is 1. The number of carbonyl (C=O) groups is 1. The van der Waals surface area contributed by atoms with Gasteiger partial charge in [0.15, 0.2) is 0 Å². The van der Waals surface area contributed by atoms with Gasteiger partial charge in [-0.2, -0.15) is 0 Å². The summed E-state index contributed by atoms with van der Waals surface area (Å²) in [6.07, 6.45) is 4.22. The Morgan fingerprint density at radius 2 is 1.95 bits per heavy atom. The number of aliphatic hydroxyl groups is 1. The number of rotatable bonds is 2. The van der Waals surface area contributed by atoms with Gasteiger partial charge >= 0.3 is 0 Å². The molecule has 1 saturated heterocycles. The molecule has 1 aliphatic heterocycles. The highest BCUT2D eigenvalue weighted by atomic mass is 16.3. The summed E-state index contributed by atoms with van der Waals surface area (Å²) in [6, 6.07) is 8.65. The molecular formula is C18H23NO2. The number of benzene rings is 1. The standard InChI is InChI=1S/C18H23NO2/c20-11-12-7-9-19(10-8-12)18(21)17-15-6-5-13-3-1-2-4-14(13)16(15)17/h1-4,12,15-17,20H,5-11H2. The van der Waals surface area contributed by atoms with E-state index in [4.69, 9.17) is 0 Å². The zero-order valence-corrected chi connectivity index (χ0v) is 12.4. The normalized spacial score (nSPS) is 31.5. The quantitative estimate of drug-likeness (QED) is 0.905. The molecule has 2 fully saturated rings. The van der Waals surface area contributed by atoms with Gasteiger partial charge in [0.05, 0.1) is 0 Å². The fraction of sp³-hybridized carbons (Fsp3) is 0.611. The minimum atomic E-state index is 0.235. The number of amides is 1. The number of nitrogens with zero attached hydrogens (tertiary/aromatic N) is 1. The van der Waals surface area contributed by atoms with E-state index in [2.05, 4.69) is 29.2 Å². The Kier molecular flexibility index (Phi) is 3.26. The van der Waals surface area contributed by atoms with Gasteiger partial charge in [-0.05, 0) is 54.6 Å². The van der Waals surface area contributed by atoms with Gasteiger partial charge in [-0.3, -0.25) is 4.79 Å². The lowest BCUT2D eigenvalue weighted by molar-refractivity contribution is -0.134. The molecule has 3 atom stereocenters. The molecule has 2 aliphatic carbocycles. The van der Waals surface area contributed by atoms with Crippen LogP contribution in [0, 0.1) is 17.8 Å². The molecule has 1 aromatic rings. The number of likely N-dealkylation sites (tertiary alicyclic amines) is 1. The van der Waals surface area contributed by atoms with Crippen molar-refractivity contribution < 1.29 is 9.90 Å². The van der Waals surface area contributed by atoms with Crippen LogP contribution in [0.15, 0.2) is 24.3 Å². The smallest absolute Gasteiger partial charge is 0.226 e. The average molecular weight is 285 g/mol. The average Bonchev–Trinajstić information content (AvgIpc) is 3.29. The topological polar surface area (TPSA) is 40.5 Å². The maximum atomic E-state index is 12.8. The molecule has 3 unspecified atom stereocenters. The summed E-state index contributed by atoms with van der Waals surface area (Å²) >= 11 is 0. The van der Waals surface area contributed by atoms with Crippen LogP contribution in [0.5, 0.6) is 0 Å². The van der Waals surface area contributed by atoms with E-state index < -0.39 is 0 Å². The first kappa shape index (κ1) is 13.3. The molecule has 3 heteroatoms. The van der Waals surface area contributed by atoms with Gasteiger partial charge in [-0.1, -0.05) is 24.3 Å². The third kappa shape index (κ3) is 2.18. The van der Waals surface area contributed by atoms with E-state index in [1.165, 1.54) is 17.5 Å². The molecule has 0 bridgehead atoms. The molecule has 1 aromatic carbocycles. The zero-order chi connectivity index (χ0) is 14.4. The van der Waals surface area contributed by atoms with Crippen LogP contribution in [0.1, 0.15) is 36.3 Å². The molecule has 1 amide bonds. The van der Waals surface area contributed by atoms with E-state index in [9.17, 15) is 9.90 Å². The van der Waals surface area contributed by atoms with Gasteiger partial charge in [0.1, 0.15) is 0 Å². The second-order valence-corrected chi connectivity index (χ2v) is 6.90. The molecule has 112 valence electrons. The van der Waals surface area contributed by atoms with E-state index in [0.29, 0.717) is 23.7 Å². The van der Waals surface area contributed by atoms with Gasteiger partial charge in [-0.25, -0.2) is 0 Å². The molecular weight excluding hydrogens is 262 g/mol. The van der Waals surface area contributed by atoms with Gasteiger partial charge in [-0.15, -0.1) is 0 Å². The Bertz CT molecular complexity index is 548. The lowest BCUT2D eigenvalue weighted by Crippen LogP contribution is -2.40. The first-order chi connectivity index (χ1) is 10.3. The fourth-order valence-electron chi connectivity index (χ4n) is 4.45. The van der Waals surface area contributed by atoms with Crippen LogP contribution in [0.4, 0.5) is 0 Å². The van der Waals surface area contributed by atoms with Crippen LogP contribution in [0.25, 0.3) is 0 Å². The summed E-state index contributed by atoms with van der Waals surface area (Å²) in [5.74, 6) is 2.08. The molecule has 21 heavy (non-hydrogen) atoms. The van der Waals surface area contributed by atoms with E-state index in [0.717, 1.165) is 32.4 Å². The minimum Gasteiger partial charge on any atom is -0.396 e. The number of piperidine rings is 1. The van der Waals surface area contributed by atoms with Gasteiger partial charge in [0, 0.05) is 25.6 Å². The number of aryl methyl sites for hydroxylation is 1. The summed E-state index contributed by atoms with van der Waals surface area (Å²) in [4.78, 5) is 14.8. The van der Waals surface area contributed by atoms with Crippen molar-refractivity contribution in [1.82, 2.24) is 4.90 Å². The predicted octanol–water partition coefficient (Wildman–Crippen LogP) is 2.19. The molecule has 1 N–H and O–H groups in total. The first-order valence-electron chi connectivity index (χ1n) is 8.27. The SMILES string of the molecule is O=C(C1C2CCc3ccccc3C21)N1CCC(CO)CC1. The molecule has 1 heterocycles. The van der Waals surface area contributed by atoms with Crippen molar-refractivity contribution in [3.05, 3.63) is 35.4 Å². The van der Waals surface area contributed by atoms with Crippen molar-refractivity contribution in [1.29, 1.82) is 0 Å². The molecule has 4 rings (SSSR count). The Balaban J connectivity index is 1.46. The van der Waals surface area contributed by atoms with Crippen molar-refractivity contribution >= 4 is 5.91 Å². The number of hydrogen-bond donors (Lipinski definition) is 1. The van der Waals surface area contributed by atoms with Gasteiger partial charge < -0.3 is 10.0 Å². The summed E-state index contributed by atoms with van der Waals surface area (Å²) in [5.41, 5.74) is 2.88. The Labute approximate surface area is 126 Å². The van der Waals surface area contributed by atoms with Crippen LogP contribution >= 0.6 is 0 Å². The number of hydrogen-bond acceptors (Lipinski definition) is 2. The summed E-state index contributed by atoms with van der Waals surface area (Å²) in [6.45, 7) is 1.94. The van der Waals surface area contributed by atoms with E-state index in [1.807, 2.05) is 0 Å². The summed E-state index contributed by atoms with van der Waals surface area (Å²) in [7, 11) is 0. The maximum Gasteiger partial charge on any atom is 0.226 e. The van der Waals surface area contributed by atoms with Crippen LogP contribution in [-0.4, -0.2) is 35.6 Å². The highest BCUT2D eigenvalue weighted by Gasteiger charge is 2.57. The number of aliphatic hydroxyl groups excluding tert-OH is 1. The van der Waals surface area contributed by atoms with Crippen molar-refractivity contribution in [3.63, 3.8) is 0 Å². The lowest BCUT2D eigenvalue weighted by Gasteiger charge is -2.31. The predicted molar refractivity (Wildman–Crippen MR) is 80.9 cm³/mol. The third-order valence-electron chi connectivity index (χ3n) is 5.80. The Morgan fingerprint density at radius 3 is 2.71 bits per heavy atom. The van der Waals surface area contributed by atoms with Crippen LogP contribution in [0.2, 0.25) is 0 Å². The Hall–Kier alpha value is -1.35. The highest BCUT2D eigenvalue weighted by Crippen LogP contribution is 2.60. The molecule has 3 nitrogen and oxygen atoms in total. The van der Waals surface area contributed by atoms with Gasteiger partial charge in [0.2, 0.25) is 5.91 Å². The third-order valence-corrected chi connectivity index (χ3v) is 5.80. The van der Waals surface area contributed by atoms with E-state index in [-0.39, 0.29) is 12.5 Å². The van der Waals surface area contributed by atoms with E-state index >= 15 is 0 Å². The monoisotopic (exact) mass is 285 g/mol. The van der Waals surface area contributed by atoms with Crippen molar-refractivity contribution in [3.8, 4) is 0 Å². The molecule has 3 aliphatic rings. The van der Waals surface area contributed by atoms with Crippen LogP contribution in [0.3, 0.4) is 0 Å². The molecule has 0 radical (unpaired) electrons. The molecule has 0 spiro atoms. The Morgan fingerprint density at radius 1 is 1.19 bits per heavy atom. The maximum absolute atomic E-state index is 12.8. The fourth-order valence-corrected chi connectivity index (χ4v) is 4.45. The summed E-state index contributed by atoms with van der Waals surface area (Å²) < 4.78 is 0. The number of fused-ring (bicyclic) bond motifs is 3. The second-order valence-electron chi connectivity index (χ2n) is 6.90. The largest absolute Gasteiger partial charge is 0.396 e. The summed E-state index contributed by atoms with van der Waals surface area (Å²) in [5, 5.41) is 9.21. The zero-order valence-electron chi connectivity index (χ0n) is 12.4. The minimum absolute atomic E-state index is 0.235. The van der Waals surface area contributed by atoms with Gasteiger partial charge in [0.25, 0.3) is 0 Å². The molecule has 1 saturated carbocycles. The van der Waals surface area contributed by atoms with Crippen molar-refractivity contribution in [2.75, 3.05) is 19.7 Å². The van der Waals surface area contributed by atoms with Crippen molar-refractivity contribution in [2.24, 2.45) is 17.8 Å². The first-order valence-corrected chi connectivity index (χ1v) is 8.27. The highest BCUT2D eigenvalue weighted by molar-refractivity contribution is 5.84. The van der Waals surface area contributed by atoms with Crippen molar-refractivity contribution in [2.45, 2.75) is 31.6 Å². The van der Waals surface area contributed by atoms with E-state index in [1.54, 1.807) is 0 Å². The second kappa shape index (κ2) is 5.13. The van der Waals surface area contributed by atoms with Crippen LogP contribution < -0.4 is 0 Å². The van der Waals surface area contributed by atoms with Crippen LogP contribution in [-0.2, 0) is 11.2 Å².